The third-order valence-electron chi connectivity index (χ3n) is 3.91. The van der Waals surface area contributed by atoms with Gasteiger partial charge in [-0.05, 0) is 18.2 Å². The van der Waals surface area contributed by atoms with E-state index < -0.39 is 70.5 Å². The van der Waals surface area contributed by atoms with E-state index in [0.717, 1.165) is 0 Å². The highest BCUT2D eigenvalue weighted by molar-refractivity contribution is 5.95. The van der Waals surface area contributed by atoms with Gasteiger partial charge in [0.25, 0.3) is 0 Å². The van der Waals surface area contributed by atoms with Crippen LogP contribution in [0.4, 0.5) is 58.4 Å². The van der Waals surface area contributed by atoms with Crippen LogP contribution in [0.25, 0.3) is 0 Å². The topological polar surface area (TPSA) is 56.1 Å². The molecule has 0 aromatic heterocycles. The molecule has 0 amide bonds. The van der Waals surface area contributed by atoms with Gasteiger partial charge in [0.05, 0.1) is 22.7 Å². The Hall–Kier alpha value is -2.23. The molecule has 3 unspecified atom stereocenters. The Labute approximate surface area is 158 Å². The van der Waals surface area contributed by atoms with Crippen molar-refractivity contribution in [3.05, 3.63) is 29.3 Å². The second-order valence-corrected chi connectivity index (χ2v) is 6.02. The van der Waals surface area contributed by atoms with Gasteiger partial charge in [0, 0.05) is 0 Å². The smallest absolute Gasteiger partial charge is 0.383 e. The van der Waals surface area contributed by atoms with Crippen LogP contribution in [0, 0.1) is 5.92 Å². The average molecular weight is 464 g/mol. The summed E-state index contributed by atoms with van der Waals surface area (Å²) in [6.07, 6.45) is -29.2. The molecule has 0 spiro atoms. The van der Waals surface area contributed by atoms with Gasteiger partial charge in [0.15, 0.2) is 18.0 Å². The van der Waals surface area contributed by atoms with Crippen LogP contribution in [0.1, 0.15) is 11.1 Å². The van der Waals surface area contributed by atoms with Gasteiger partial charge in [-0.2, -0.15) is 57.8 Å². The molecule has 2 N–H and O–H groups in total. The van der Waals surface area contributed by atoms with E-state index in [4.69, 9.17) is 5.11 Å². The van der Waals surface area contributed by atoms with Gasteiger partial charge in [-0.1, -0.05) is 0 Å². The predicted octanol–water partition coefficient (Wildman–Crippen LogP) is 4.32. The molecule has 1 aromatic rings. The Kier molecular flexibility index (Phi) is 5.75. The second kappa shape index (κ2) is 7.18. The number of halogens is 12. The maximum atomic E-state index is 13.1. The number of hydrogen-bond acceptors (Lipinski definition) is 4. The number of hydrogen-bond donors (Lipinski definition) is 2. The van der Waals surface area contributed by atoms with Gasteiger partial charge in [0.1, 0.15) is 0 Å². The number of rotatable bonds is 2. The molecular weight excluding hydrogens is 456 g/mol. The van der Waals surface area contributed by atoms with Crippen LogP contribution in [0.2, 0.25) is 0 Å². The molecule has 0 radical (unpaired) electrons. The molecule has 2 rings (SSSR count). The van der Waals surface area contributed by atoms with E-state index in [1.165, 1.54) is 0 Å². The molecule has 0 aliphatic carbocycles. The monoisotopic (exact) mass is 464 g/mol. The van der Waals surface area contributed by atoms with Crippen LogP contribution in [0.5, 0.6) is 0 Å². The summed E-state index contributed by atoms with van der Waals surface area (Å²) in [5.74, 6) is -3.26. The minimum Gasteiger partial charge on any atom is -0.383 e. The quantitative estimate of drug-likeness (QED) is 0.642. The van der Waals surface area contributed by atoms with E-state index in [1.807, 2.05) is 0 Å². The second-order valence-electron chi connectivity index (χ2n) is 6.02. The summed E-state index contributed by atoms with van der Waals surface area (Å²) < 4.78 is 155. The standard InChI is InChI=1S/C14H8F12N2O2/c15-11(16,17)4-1-5(12(18,19)20)3-6(2-4)28-10(30)7(9(29)14(24,25)26)8(27-28)13(21,22)23/h1-3,7,9-10,29-30H. The molecule has 3 atom stereocenters. The van der Waals surface area contributed by atoms with E-state index in [-0.39, 0.29) is 18.2 Å². The van der Waals surface area contributed by atoms with E-state index in [9.17, 15) is 57.8 Å². The average Bonchev–Trinajstić information content (AvgIpc) is 2.88. The Morgan fingerprint density at radius 1 is 0.767 bits per heavy atom. The minimum absolute atomic E-state index is 0.141. The molecule has 0 saturated heterocycles. The van der Waals surface area contributed by atoms with Gasteiger partial charge >= 0.3 is 24.7 Å². The summed E-state index contributed by atoms with van der Waals surface area (Å²) >= 11 is 0. The first-order valence-corrected chi connectivity index (χ1v) is 7.42. The van der Waals surface area contributed by atoms with Gasteiger partial charge in [0.2, 0.25) is 0 Å². The zero-order valence-corrected chi connectivity index (χ0v) is 13.8. The lowest BCUT2D eigenvalue weighted by atomic mass is 9.94. The normalized spacial score (nSPS) is 22.3. The van der Waals surface area contributed by atoms with E-state index in [1.54, 1.807) is 0 Å². The van der Waals surface area contributed by atoms with Crippen molar-refractivity contribution >= 4 is 11.4 Å². The molecule has 170 valence electrons. The van der Waals surface area contributed by atoms with E-state index in [2.05, 4.69) is 5.10 Å². The lowest BCUT2D eigenvalue weighted by Gasteiger charge is -2.28. The first-order chi connectivity index (χ1) is 13.2. The third kappa shape index (κ3) is 4.74. The number of aliphatic hydroxyl groups is 2. The molecule has 0 fully saturated rings. The largest absolute Gasteiger partial charge is 0.431 e. The molecule has 1 aliphatic rings. The summed E-state index contributed by atoms with van der Waals surface area (Å²) in [5, 5.41) is 21.1. The lowest BCUT2D eigenvalue weighted by molar-refractivity contribution is -0.221. The van der Waals surface area contributed by atoms with Crippen LogP contribution in [0.3, 0.4) is 0 Å². The maximum Gasteiger partial charge on any atom is 0.431 e. The maximum absolute atomic E-state index is 13.1. The number of anilines is 1. The van der Waals surface area contributed by atoms with Crippen molar-refractivity contribution in [3.63, 3.8) is 0 Å². The Bertz CT molecular complexity index is 792. The van der Waals surface area contributed by atoms with Crippen molar-refractivity contribution in [3.8, 4) is 0 Å². The fourth-order valence-electron chi connectivity index (χ4n) is 2.58. The van der Waals surface area contributed by atoms with Crippen molar-refractivity contribution < 1.29 is 62.9 Å². The zero-order chi connectivity index (χ0) is 23.4. The fourth-order valence-corrected chi connectivity index (χ4v) is 2.58. The minimum atomic E-state index is -5.72. The summed E-state index contributed by atoms with van der Waals surface area (Å²) in [6.45, 7) is 0. The fraction of sp³-hybridized carbons (Fsp3) is 0.500. The van der Waals surface area contributed by atoms with Crippen LogP contribution >= 0.6 is 0 Å². The third-order valence-corrected chi connectivity index (χ3v) is 3.91. The predicted molar refractivity (Wildman–Crippen MR) is 74.0 cm³/mol. The van der Waals surface area contributed by atoms with Gasteiger partial charge < -0.3 is 10.2 Å². The number of aliphatic hydroxyl groups excluding tert-OH is 2. The highest BCUT2D eigenvalue weighted by Crippen LogP contribution is 2.43. The van der Waals surface area contributed by atoms with Crippen LogP contribution in [-0.4, -0.2) is 40.6 Å². The summed E-state index contributed by atoms with van der Waals surface area (Å²) in [6, 6.07) is -0.668. The zero-order valence-electron chi connectivity index (χ0n) is 13.8. The van der Waals surface area contributed by atoms with Crippen LogP contribution in [-0.2, 0) is 12.4 Å². The van der Waals surface area contributed by atoms with Gasteiger partial charge in [-0.3, -0.25) is 0 Å². The van der Waals surface area contributed by atoms with Crippen molar-refractivity contribution in [2.45, 2.75) is 37.0 Å². The van der Waals surface area contributed by atoms with E-state index in [0.29, 0.717) is 0 Å². The number of nitrogens with zero attached hydrogens (tertiary/aromatic N) is 2. The summed E-state index contributed by atoms with van der Waals surface area (Å²) in [7, 11) is 0. The van der Waals surface area contributed by atoms with Crippen LogP contribution in [0.15, 0.2) is 23.3 Å². The highest BCUT2D eigenvalue weighted by atomic mass is 19.4. The Balaban J connectivity index is 2.67. The SMILES string of the molecule is OC1C(C(O)C(F)(F)F)C(C(F)(F)F)=NN1c1cc(C(F)(F)F)cc(C(F)(F)F)c1. The number of benzene rings is 1. The van der Waals surface area contributed by atoms with Crippen molar-refractivity contribution in [2.24, 2.45) is 11.0 Å². The molecule has 0 bridgehead atoms. The molecule has 16 heteroatoms. The molecule has 1 aromatic carbocycles. The number of hydrazone groups is 1. The number of alkyl halides is 12. The first kappa shape index (κ1) is 24.0. The lowest BCUT2D eigenvalue weighted by Crippen LogP contribution is -2.49. The van der Waals surface area contributed by atoms with Crippen molar-refractivity contribution in [2.75, 3.05) is 5.01 Å². The Morgan fingerprint density at radius 3 is 1.53 bits per heavy atom. The van der Waals surface area contributed by atoms with Gasteiger partial charge in [-0.15, -0.1) is 0 Å². The summed E-state index contributed by atoms with van der Waals surface area (Å²) in [5.41, 5.74) is -7.89. The summed E-state index contributed by atoms with van der Waals surface area (Å²) in [4.78, 5) is 0. The van der Waals surface area contributed by atoms with Crippen LogP contribution < -0.4 is 5.01 Å². The molecular formula is C14H8F12N2O2. The molecule has 0 saturated carbocycles. The Morgan fingerprint density at radius 2 is 1.20 bits per heavy atom. The van der Waals surface area contributed by atoms with Crippen molar-refractivity contribution in [1.82, 2.24) is 0 Å². The molecule has 4 nitrogen and oxygen atoms in total. The van der Waals surface area contributed by atoms with Crippen molar-refractivity contribution in [1.29, 1.82) is 0 Å². The molecule has 1 aliphatic heterocycles. The van der Waals surface area contributed by atoms with Gasteiger partial charge in [-0.25, -0.2) is 5.01 Å². The van der Waals surface area contributed by atoms with E-state index >= 15 is 0 Å². The molecule has 30 heavy (non-hydrogen) atoms. The molecule has 1 heterocycles. The highest BCUT2D eigenvalue weighted by Gasteiger charge is 2.59. The first-order valence-electron chi connectivity index (χ1n) is 7.42.